The zero-order valence-electron chi connectivity index (χ0n) is 20.6. The Labute approximate surface area is 227 Å². The summed E-state index contributed by atoms with van der Waals surface area (Å²) in [5, 5.41) is 0.602. The van der Waals surface area contributed by atoms with Crippen molar-refractivity contribution in [1.82, 2.24) is 4.57 Å². The highest BCUT2D eigenvalue weighted by molar-refractivity contribution is 7.07. The third kappa shape index (κ3) is 4.88. The van der Waals surface area contributed by atoms with Gasteiger partial charge in [-0.1, -0.05) is 59.9 Å². The molecule has 4 aromatic rings. The Morgan fingerprint density at radius 2 is 2.00 bits per heavy atom. The Kier molecular flexibility index (Phi) is 7.18. The van der Waals surface area contributed by atoms with Gasteiger partial charge in [-0.15, -0.1) is 0 Å². The van der Waals surface area contributed by atoms with E-state index in [2.05, 4.69) is 11.6 Å². The molecular weight excluding hydrogens is 524 g/mol. The lowest BCUT2D eigenvalue weighted by Gasteiger charge is -2.24. The normalized spacial score (nSPS) is 15.1. The summed E-state index contributed by atoms with van der Waals surface area (Å²) >= 11 is 7.34. The van der Waals surface area contributed by atoms with Gasteiger partial charge in [0.05, 0.1) is 29.0 Å². The molecule has 5 rings (SSSR count). The van der Waals surface area contributed by atoms with E-state index in [4.69, 9.17) is 25.5 Å². The molecule has 2 aromatic heterocycles. The number of allylic oxidation sites excluding steroid dienone is 1. The number of hydrogen-bond donors (Lipinski definition) is 0. The molecule has 1 aliphatic rings. The number of rotatable bonds is 7. The molecule has 0 spiro atoms. The number of hydrogen-bond acceptors (Lipinski definition) is 7. The van der Waals surface area contributed by atoms with Crippen LogP contribution >= 0.6 is 22.9 Å². The number of nitrogens with zero attached hydrogens (tertiary/aromatic N) is 2. The van der Waals surface area contributed by atoms with Crippen molar-refractivity contribution in [2.75, 3.05) is 13.7 Å². The smallest absolute Gasteiger partial charge is 0.338 e. The van der Waals surface area contributed by atoms with Crippen molar-refractivity contribution in [2.24, 2.45) is 4.99 Å². The number of ether oxygens (including phenoxy) is 2. The van der Waals surface area contributed by atoms with E-state index < -0.39 is 12.0 Å². The lowest BCUT2D eigenvalue weighted by atomic mass is 9.96. The van der Waals surface area contributed by atoms with Gasteiger partial charge in [-0.05, 0) is 48.9 Å². The average Bonchev–Trinajstić information content (AvgIpc) is 3.51. The van der Waals surface area contributed by atoms with Gasteiger partial charge < -0.3 is 13.9 Å². The van der Waals surface area contributed by atoms with E-state index in [1.165, 1.54) is 22.0 Å². The summed E-state index contributed by atoms with van der Waals surface area (Å²) in [6, 6.07) is 17.4. The van der Waals surface area contributed by atoms with E-state index in [1.807, 2.05) is 36.4 Å². The van der Waals surface area contributed by atoms with E-state index in [-0.39, 0.29) is 17.7 Å². The fraction of sp³-hybridized carbons (Fsp3) is 0.138. The molecule has 3 heterocycles. The van der Waals surface area contributed by atoms with Gasteiger partial charge in [0.2, 0.25) is 0 Å². The summed E-state index contributed by atoms with van der Waals surface area (Å²) in [4.78, 5) is 31.9. The first kappa shape index (κ1) is 25.5. The fourth-order valence-corrected chi connectivity index (χ4v) is 5.47. The van der Waals surface area contributed by atoms with Gasteiger partial charge >= 0.3 is 5.97 Å². The quantitative estimate of drug-likeness (QED) is 0.243. The van der Waals surface area contributed by atoms with Crippen molar-refractivity contribution >= 4 is 35.0 Å². The van der Waals surface area contributed by atoms with Gasteiger partial charge in [-0.3, -0.25) is 9.36 Å². The standard InChI is InChI=1S/C29H23ClN2O5S/c1-4-14-36-28(34)25-17(2)31-29-32(26(25)18-8-10-21(35-3)11-9-18)27(33)24(38-29)16-22-12-13-23(37-22)19-6-5-7-20(30)15-19/h4-13,15-16,26H,1,14H2,2-3H3/b24-16-. The highest BCUT2D eigenvalue weighted by Crippen LogP contribution is 2.32. The maximum Gasteiger partial charge on any atom is 0.338 e. The van der Waals surface area contributed by atoms with E-state index in [0.717, 1.165) is 11.1 Å². The van der Waals surface area contributed by atoms with E-state index in [1.54, 1.807) is 44.4 Å². The number of halogens is 1. The SMILES string of the molecule is C=CCOC(=O)C1=C(C)N=c2s/c(=C\c3ccc(-c4cccc(Cl)c4)o3)c(=O)n2C1c1ccc(OC)cc1. The third-order valence-electron chi connectivity index (χ3n) is 6.01. The van der Waals surface area contributed by atoms with Crippen LogP contribution in [0.4, 0.5) is 0 Å². The molecule has 1 aliphatic heterocycles. The van der Waals surface area contributed by atoms with Crippen LogP contribution in [0.2, 0.25) is 5.02 Å². The third-order valence-corrected chi connectivity index (χ3v) is 7.23. The first-order valence-electron chi connectivity index (χ1n) is 11.7. The highest BCUT2D eigenvalue weighted by atomic mass is 35.5. The number of carbonyl (C=O) groups excluding carboxylic acids is 1. The van der Waals surface area contributed by atoms with Gasteiger partial charge in [0.25, 0.3) is 5.56 Å². The van der Waals surface area contributed by atoms with Gasteiger partial charge in [0.1, 0.15) is 23.9 Å². The molecule has 0 fully saturated rings. The summed E-state index contributed by atoms with van der Waals surface area (Å²) in [5.74, 6) is 1.24. The maximum atomic E-state index is 13.7. The molecule has 1 atom stereocenters. The lowest BCUT2D eigenvalue weighted by molar-refractivity contribution is -0.138. The molecule has 0 N–H and O–H groups in total. The van der Waals surface area contributed by atoms with E-state index in [9.17, 15) is 9.59 Å². The number of thiazole rings is 1. The molecule has 0 amide bonds. The molecule has 1 unspecified atom stereocenters. The number of benzene rings is 2. The van der Waals surface area contributed by atoms with Crippen molar-refractivity contribution in [3.63, 3.8) is 0 Å². The predicted molar refractivity (Wildman–Crippen MR) is 147 cm³/mol. The summed E-state index contributed by atoms with van der Waals surface area (Å²) in [5.41, 5.74) is 2.03. The molecule has 2 aromatic carbocycles. The van der Waals surface area contributed by atoms with Crippen LogP contribution in [-0.4, -0.2) is 24.3 Å². The van der Waals surface area contributed by atoms with Gasteiger partial charge in [-0.2, -0.15) is 0 Å². The van der Waals surface area contributed by atoms with Crippen LogP contribution in [0.3, 0.4) is 0 Å². The second-order valence-corrected chi connectivity index (χ2v) is 9.90. The van der Waals surface area contributed by atoms with E-state index >= 15 is 0 Å². The molecule has 9 heteroatoms. The largest absolute Gasteiger partial charge is 0.497 e. The average molecular weight is 547 g/mol. The maximum absolute atomic E-state index is 13.7. The fourth-order valence-electron chi connectivity index (χ4n) is 4.25. The number of carbonyl (C=O) groups is 1. The number of furan rings is 1. The molecule has 0 saturated heterocycles. The Morgan fingerprint density at radius 3 is 2.71 bits per heavy atom. The molecule has 0 bridgehead atoms. The molecule has 0 aliphatic carbocycles. The first-order valence-corrected chi connectivity index (χ1v) is 12.9. The Balaban J connectivity index is 1.62. The van der Waals surface area contributed by atoms with Crippen molar-refractivity contribution in [3.05, 3.63) is 121 Å². The van der Waals surface area contributed by atoms with Crippen LogP contribution < -0.4 is 19.6 Å². The van der Waals surface area contributed by atoms with Gasteiger partial charge in [-0.25, -0.2) is 9.79 Å². The molecule has 38 heavy (non-hydrogen) atoms. The Hall–Kier alpha value is -4.14. The first-order chi connectivity index (χ1) is 18.4. The number of fused-ring (bicyclic) bond motifs is 1. The minimum atomic E-state index is -0.727. The van der Waals surface area contributed by atoms with Crippen molar-refractivity contribution in [1.29, 1.82) is 0 Å². The molecule has 7 nitrogen and oxygen atoms in total. The molecule has 192 valence electrons. The van der Waals surface area contributed by atoms with Gasteiger partial charge in [0, 0.05) is 16.7 Å². The zero-order valence-corrected chi connectivity index (χ0v) is 22.2. The minimum Gasteiger partial charge on any atom is -0.497 e. The minimum absolute atomic E-state index is 0.0445. The van der Waals surface area contributed by atoms with Crippen LogP contribution in [0.15, 0.2) is 98.8 Å². The lowest BCUT2D eigenvalue weighted by Crippen LogP contribution is -2.39. The number of aromatic nitrogens is 1. The Bertz CT molecular complexity index is 1740. The second-order valence-electron chi connectivity index (χ2n) is 8.45. The van der Waals surface area contributed by atoms with Crippen LogP contribution in [0.5, 0.6) is 5.75 Å². The topological polar surface area (TPSA) is 83.0 Å². The summed E-state index contributed by atoms with van der Waals surface area (Å²) in [6.45, 7) is 5.39. The molecule has 0 radical (unpaired) electrons. The Morgan fingerprint density at radius 1 is 1.21 bits per heavy atom. The zero-order chi connectivity index (χ0) is 26.8. The van der Waals surface area contributed by atoms with Crippen molar-refractivity contribution in [2.45, 2.75) is 13.0 Å². The van der Waals surface area contributed by atoms with E-state index in [0.29, 0.717) is 37.3 Å². The van der Waals surface area contributed by atoms with Crippen LogP contribution in [0.25, 0.3) is 17.4 Å². The molecule has 0 saturated carbocycles. The van der Waals surface area contributed by atoms with Crippen LogP contribution in [0, 0.1) is 0 Å². The van der Waals surface area contributed by atoms with Crippen molar-refractivity contribution < 1.29 is 18.7 Å². The predicted octanol–water partition coefficient (Wildman–Crippen LogP) is 4.89. The molecular formula is C29H23ClN2O5S. The monoisotopic (exact) mass is 546 g/mol. The number of esters is 1. The summed E-state index contributed by atoms with van der Waals surface area (Å²) in [6.07, 6.45) is 3.17. The number of methoxy groups -OCH3 is 1. The van der Waals surface area contributed by atoms with Crippen LogP contribution in [-0.2, 0) is 9.53 Å². The second kappa shape index (κ2) is 10.7. The van der Waals surface area contributed by atoms with Crippen LogP contribution in [0.1, 0.15) is 24.3 Å². The highest BCUT2D eigenvalue weighted by Gasteiger charge is 2.33. The van der Waals surface area contributed by atoms with Crippen molar-refractivity contribution in [3.8, 4) is 17.1 Å². The summed E-state index contributed by atoms with van der Waals surface area (Å²) in [7, 11) is 1.58. The van der Waals surface area contributed by atoms with Gasteiger partial charge in [0.15, 0.2) is 4.80 Å². The summed E-state index contributed by atoms with van der Waals surface area (Å²) < 4.78 is 18.6.